The third kappa shape index (κ3) is 10.7. The number of amides is 1. The molecule has 0 aliphatic carbocycles. The van der Waals surface area contributed by atoms with Gasteiger partial charge < -0.3 is 20.4 Å². The van der Waals surface area contributed by atoms with Gasteiger partial charge in [-0.3, -0.25) is 4.79 Å². The Kier molecular flexibility index (Phi) is 12.2. The highest BCUT2D eigenvalue weighted by atomic mass is 16.1. The van der Waals surface area contributed by atoms with Crippen molar-refractivity contribution in [2.45, 2.75) is 57.4 Å². The quantitative estimate of drug-likeness (QED) is 0.377. The SMILES string of the molecule is CNC(CCCCCCCCN1CCN(C)CC1)CCNC=O. The molecule has 0 radical (unpaired) electrons. The molecule has 1 unspecified atom stereocenters. The van der Waals surface area contributed by atoms with Crippen LogP contribution in [0.5, 0.6) is 0 Å². The Labute approximate surface area is 143 Å². The van der Waals surface area contributed by atoms with Crippen LogP contribution in [-0.2, 0) is 4.79 Å². The van der Waals surface area contributed by atoms with Crippen LogP contribution in [0.1, 0.15) is 51.4 Å². The number of unbranched alkanes of at least 4 members (excludes halogenated alkanes) is 5. The van der Waals surface area contributed by atoms with Gasteiger partial charge in [0.25, 0.3) is 0 Å². The van der Waals surface area contributed by atoms with E-state index in [2.05, 4.69) is 27.5 Å². The lowest BCUT2D eigenvalue weighted by atomic mass is 10.0. The van der Waals surface area contributed by atoms with Gasteiger partial charge >= 0.3 is 0 Å². The van der Waals surface area contributed by atoms with Crippen LogP contribution in [0.25, 0.3) is 0 Å². The summed E-state index contributed by atoms with van der Waals surface area (Å²) in [5, 5.41) is 6.09. The van der Waals surface area contributed by atoms with Gasteiger partial charge in [0.1, 0.15) is 0 Å². The minimum Gasteiger partial charge on any atom is -0.359 e. The summed E-state index contributed by atoms with van der Waals surface area (Å²) in [6.45, 7) is 7.03. The topological polar surface area (TPSA) is 47.6 Å². The van der Waals surface area contributed by atoms with Crippen LogP contribution in [0.2, 0.25) is 0 Å². The molecular weight excluding hydrogens is 288 g/mol. The van der Waals surface area contributed by atoms with Crippen LogP contribution in [0.4, 0.5) is 0 Å². The summed E-state index contributed by atoms with van der Waals surface area (Å²) >= 11 is 0. The molecule has 0 saturated carbocycles. The molecule has 23 heavy (non-hydrogen) atoms. The molecule has 0 aromatic rings. The lowest BCUT2D eigenvalue weighted by molar-refractivity contribution is -0.109. The average Bonchev–Trinajstić information content (AvgIpc) is 2.57. The number of hydrogen-bond acceptors (Lipinski definition) is 4. The molecule has 1 rings (SSSR count). The highest BCUT2D eigenvalue weighted by molar-refractivity contribution is 5.45. The lowest BCUT2D eigenvalue weighted by Crippen LogP contribution is -2.44. The molecule has 1 aliphatic heterocycles. The molecule has 5 heteroatoms. The Bertz CT molecular complexity index is 280. The van der Waals surface area contributed by atoms with E-state index in [0.29, 0.717) is 6.04 Å². The van der Waals surface area contributed by atoms with Crippen molar-refractivity contribution in [2.24, 2.45) is 0 Å². The minimum atomic E-state index is 0.541. The summed E-state index contributed by atoms with van der Waals surface area (Å²) in [4.78, 5) is 15.3. The maximum atomic E-state index is 10.2. The first-order valence-corrected chi connectivity index (χ1v) is 9.51. The highest BCUT2D eigenvalue weighted by Crippen LogP contribution is 2.11. The van der Waals surface area contributed by atoms with Gasteiger partial charge in [0, 0.05) is 38.8 Å². The van der Waals surface area contributed by atoms with E-state index in [1.807, 2.05) is 7.05 Å². The van der Waals surface area contributed by atoms with Crippen LogP contribution in [0.15, 0.2) is 0 Å². The molecule has 0 aromatic carbocycles. The maximum Gasteiger partial charge on any atom is 0.207 e. The zero-order chi connectivity index (χ0) is 16.8. The third-order valence-electron chi connectivity index (χ3n) is 5.00. The number of nitrogens with one attached hydrogen (secondary N) is 2. The van der Waals surface area contributed by atoms with E-state index in [0.717, 1.165) is 19.4 Å². The maximum absolute atomic E-state index is 10.2. The fourth-order valence-electron chi connectivity index (χ4n) is 3.25. The number of likely N-dealkylation sites (N-methyl/N-ethyl adjacent to an activating group) is 1. The van der Waals surface area contributed by atoms with E-state index in [4.69, 9.17) is 0 Å². The van der Waals surface area contributed by atoms with Gasteiger partial charge in [-0.05, 0) is 39.9 Å². The number of rotatable bonds is 14. The zero-order valence-electron chi connectivity index (χ0n) is 15.4. The van der Waals surface area contributed by atoms with Crippen LogP contribution in [0.3, 0.4) is 0 Å². The summed E-state index contributed by atoms with van der Waals surface area (Å²) in [7, 11) is 4.23. The van der Waals surface area contributed by atoms with Crippen molar-refractivity contribution in [1.29, 1.82) is 0 Å². The number of carbonyl (C=O) groups is 1. The van der Waals surface area contributed by atoms with Crippen LogP contribution in [-0.4, -0.2) is 75.6 Å². The Morgan fingerprint density at radius 1 is 0.957 bits per heavy atom. The van der Waals surface area contributed by atoms with E-state index >= 15 is 0 Å². The largest absolute Gasteiger partial charge is 0.359 e. The van der Waals surface area contributed by atoms with Crippen LogP contribution in [0, 0.1) is 0 Å². The van der Waals surface area contributed by atoms with Crippen LogP contribution >= 0.6 is 0 Å². The number of piperazine rings is 1. The predicted octanol–water partition coefficient (Wildman–Crippen LogP) is 1.69. The normalized spacial score (nSPS) is 18.0. The zero-order valence-corrected chi connectivity index (χ0v) is 15.4. The van der Waals surface area contributed by atoms with Crippen molar-refractivity contribution < 1.29 is 4.79 Å². The van der Waals surface area contributed by atoms with Crippen molar-refractivity contribution >= 4 is 6.41 Å². The van der Waals surface area contributed by atoms with Gasteiger partial charge in [0.2, 0.25) is 6.41 Å². The standard InChI is InChI=1S/C18H38N4O/c1-19-18(10-11-20-17-23)9-7-5-3-4-6-8-12-22-15-13-21(2)14-16-22/h17-19H,3-16H2,1-2H3,(H,20,23). The molecular formula is C18H38N4O. The van der Waals surface area contributed by atoms with Gasteiger partial charge in [0.05, 0.1) is 0 Å². The van der Waals surface area contributed by atoms with Gasteiger partial charge in [0.15, 0.2) is 0 Å². The molecule has 136 valence electrons. The minimum absolute atomic E-state index is 0.541. The first-order valence-electron chi connectivity index (χ1n) is 9.51. The number of nitrogens with zero attached hydrogens (tertiary/aromatic N) is 2. The predicted molar refractivity (Wildman–Crippen MR) is 97.8 cm³/mol. The number of hydrogen-bond donors (Lipinski definition) is 2. The molecule has 1 fully saturated rings. The van der Waals surface area contributed by atoms with E-state index in [9.17, 15) is 4.79 Å². The molecule has 1 saturated heterocycles. The second kappa shape index (κ2) is 13.8. The fraction of sp³-hybridized carbons (Fsp3) is 0.944. The third-order valence-corrected chi connectivity index (χ3v) is 5.00. The second-order valence-electron chi connectivity index (χ2n) is 6.90. The van der Waals surface area contributed by atoms with Gasteiger partial charge in [-0.25, -0.2) is 0 Å². The average molecular weight is 327 g/mol. The first kappa shape index (κ1) is 20.4. The second-order valence-corrected chi connectivity index (χ2v) is 6.90. The first-order chi connectivity index (χ1) is 11.3. The highest BCUT2D eigenvalue weighted by Gasteiger charge is 2.12. The van der Waals surface area contributed by atoms with Crippen molar-refractivity contribution in [2.75, 3.05) is 53.4 Å². The molecule has 1 atom stereocenters. The molecule has 5 nitrogen and oxygen atoms in total. The van der Waals surface area contributed by atoms with Crippen molar-refractivity contribution in [3.05, 3.63) is 0 Å². The molecule has 1 aliphatic rings. The molecule has 1 heterocycles. The van der Waals surface area contributed by atoms with Crippen molar-refractivity contribution in [3.8, 4) is 0 Å². The summed E-state index contributed by atoms with van der Waals surface area (Å²) < 4.78 is 0. The lowest BCUT2D eigenvalue weighted by Gasteiger charge is -2.32. The van der Waals surface area contributed by atoms with E-state index < -0.39 is 0 Å². The van der Waals surface area contributed by atoms with E-state index in [-0.39, 0.29) is 0 Å². The summed E-state index contributed by atoms with van der Waals surface area (Å²) in [6, 6.07) is 0.541. The van der Waals surface area contributed by atoms with E-state index in [1.165, 1.54) is 77.7 Å². The number of carbonyl (C=O) groups excluding carboxylic acids is 1. The summed E-state index contributed by atoms with van der Waals surface area (Å²) in [6.07, 6.45) is 11.2. The summed E-state index contributed by atoms with van der Waals surface area (Å²) in [5.41, 5.74) is 0. The Hall–Kier alpha value is -0.650. The summed E-state index contributed by atoms with van der Waals surface area (Å²) in [5.74, 6) is 0. The molecule has 0 bridgehead atoms. The molecule has 0 spiro atoms. The van der Waals surface area contributed by atoms with Gasteiger partial charge in [-0.1, -0.05) is 32.1 Å². The molecule has 0 aromatic heterocycles. The Morgan fingerprint density at radius 2 is 1.61 bits per heavy atom. The van der Waals surface area contributed by atoms with Gasteiger partial charge in [-0.2, -0.15) is 0 Å². The Morgan fingerprint density at radius 3 is 2.26 bits per heavy atom. The molecule has 1 amide bonds. The monoisotopic (exact) mass is 326 g/mol. The molecule has 2 N–H and O–H groups in total. The van der Waals surface area contributed by atoms with E-state index in [1.54, 1.807) is 0 Å². The smallest absolute Gasteiger partial charge is 0.207 e. The van der Waals surface area contributed by atoms with Gasteiger partial charge in [-0.15, -0.1) is 0 Å². The van der Waals surface area contributed by atoms with Crippen LogP contribution < -0.4 is 10.6 Å². The fourth-order valence-corrected chi connectivity index (χ4v) is 3.25. The van der Waals surface area contributed by atoms with Crippen molar-refractivity contribution in [3.63, 3.8) is 0 Å². The Balaban J connectivity index is 1.86. The van der Waals surface area contributed by atoms with Crippen molar-refractivity contribution in [1.82, 2.24) is 20.4 Å².